The van der Waals surface area contributed by atoms with E-state index in [1.807, 2.05) is 58.0 Å². The number of benzene rings is 1. The molecule has 3 aromatic rings. The maximum atomic E-state index is 13.5. The van der Waals surface area contributed by atoms with Crippen molar-refractivity contribution in [1.29, 1.82) is 0 Å². The van der Waals surface area contributed by atoms with Gasteiger partial charge in [-0.25, -0.2) is 4.98 Å². The lowest BCUT2D eigenvalue weighted by Gasteiger charge is -2.27. The quantitative estimate of drug-likeness (QED) is 0.521. The van der Waals surface area contributed by atoms with Crippen LogP contribution in [0.25, 0.3) is 0 Å². The smallest absolute Gasteiger partial charge is 0.282 e. The molecule has 0 spiro atoms. The molecule has 168 valence electrons. The first-order chi connectivity index (χ1) is 15.2. The number of aryl methyl sites for hydroxylation is 3. The minimum Gasteiger partial charge on any atom is -0.336 e. The molecule has 3 rings (SSSR count). The van der Waals surface area contributed by atoms with Gasteiger partial charge in [0.1, 0.15) is 6.54 Å². The van der Waals surface area contributed by atoms with Crippen LogP contribution in [0.2, 0.25) is 0 Å². The molecule has 0 saturated heterocycles. The summed E-state index contributed by atoms with van der Waals surface area (Å²) in [6.45, 7) is 7.91. The van der Waals surface area contributed by atoms with E-state index < -0.39 is 10.0 Å². The van der Waals surface area contributed by atoms with Crippen molar-refractivity contribution in [1.82, 2.24) is 14.9 Å². The predicted octanol–water partition coefficient (Wildman–Crippen LogP) is 3.65. The van der Waals surface area contributed by atoms with Crippen molar-refractivity contribution in [2.75, 3.05) is 17.4 Å². The molecule has 0 fully saturated rings. The van der Waals surface area contributed by atoms with Crippen LogP contribution in [0.5, 0.6) is 0 Å². The third kappa shape index (κ3) is 5.50. The molecule has 32 heavy (non-hydrogen) atoms. The number of aromatic nitrogens is 2. The first-order valence-corrected chi connectivity index (χ1v) is 11.9. The summed E-state index contributed by atoms with van der Waals surface area (Å²) < 4.78 is 28.0. The van der Waals surface area contributed by atoms with E-state index in [0.717, 1.165) is 26.8 Å². The van der Waals surface area contributed by atoms with E-state index in [9.17, 15) is 13.2 Å². The molecule has 1 aromatic carbocycles. The van der Waals surface area contributed by atoms with Crippen LogP contribution < -0.4 is 4.31 Å². The standard InChI is InChI=1S/C24H28N4O3S/c1-5-27(16-21-8-6-7-20(4)26-21)24(29)17-28(22-12-9-18(2)10-13-22)32(30,31)23-14-11-19(3)15-25-23/h6-15H,5,16-17H2,1-4H3. The van der Waals surface area contributed by atoms with Gasteiger partial charge in [-0.2, -0.15) is 8.42 Å². The van der Waals surface area contributed by atoms with Crippen molar-refractivity contribution in [3.63, 3.8) is 0 Å². The molecule has 7 nitrogen and oxygen atoms in total. The van der Waals surface area contributed by atoms with E-state index in [-0.39, 0.29) is 17.5 Å². The number of likely N-dealkylation sites (N-methyl/N-ethyl adjacent to an activating group) is 1. The monoisotopic (exact) mass is 452 g/mol. The minimum absolute atomic E-state index is 0.0973. The highest BCUT2D eigenvalue weighted by molar-refractivity contribution is 7.92. The molecule has 0 unspecified atom stereocenters. The fourth-order valence-electron chi connectivity index (χ4n) is 3.23. The Hall–Kier alpha value is -3.26. The Bertz CT molecular complexity index is 1180. The summed E-state index contributed by atoms with van der Waals surface area (Å²) in [7, 11) is -4.04. The van der Waals surface area contributed by atoms with Gasteiger partial charge in [0.05, 0.1) is 17.9 Å². The molecule has 0 aliphatic rings. The summed E-state index contributed by atoms with van der Waals surface area (Å²) in [6, 6.07) is 15.8. The van der Waals surface area contributed by atoms with Gasteiger partial charge in [-0.05, 0) is 63.6 Å². The molecular weight excluding hydrogens is 424 g/mol. The van der Waals surface area contributed by atoms with Crippen LogP contribution in [0, 0.1) is 20.8 Å². The fourth-order valence-corrected chi connectivity index (χ4v) is 4.56. The van der Waals surface area contributed by atoms with Crippen LogP contribution in [0.15, 0.2) is 65.8 Å². The van der Waals surface area contributed by atoms with Gasteiger partial charge in [-0.1, -0.05) is 29.8 Å². The highest BCUT2D eigenvalue weighted by Crippen LogP contribution is 2.23. The number of amides is 1. The molecule has 2 heterocycles. The number of carbonyl (C=O) groups excluding carboxylic acids is 1. The van der Waals surface area contributed by atoms with Gasteiger partial charge in [-0.15, -0.1) is 0 Å². The number of anilines is 1. The van der Waals surface area contributed by atoms with Gasteiger partial charge >= 0.3 is 0 Å². The van der Waals surface area contributed by atoms with Crippen LogP contribution in [0.4, 0.5) is 5.69 Å². The Morgan fingerprint density at radius 2 is 1.62 bits per heavy atom. The van der Waals surface area contributed by atoms with Gasteiger partial charge in [0.25, 0.3) is 10.0 Å². The zero-order chi connectivity index (χ0) is 23.3. The van der Waals surface area contributed by atoms with E-state index >= 15 is 0 Å². The Kier molecular flexibility index (Phi) is 7.25. The first kappa shape index (κ1) is 23.4. The Morgan fingerprint density at radius 1 is 0.938 bits per heavy atom. The molecule has 0 N–H and O–H groups in total. The van der Waals surface area contributed by atoms with E-state index in [0.29, 0.717) is 18.8 Å². The van der Waals surface area contributed by atoms with Crippen LogP contribution >= 0.6 is 0 Å². The lowest BCUT2D eigenvalue weighted by atomic mass is 10.2. The molecule has 0 aliphatic heterocycles. The second-order valence-corrected chi connectivity index (χ2v) is 9.51. The van der Waals surface area contributed by atoms with Gasteiger partial charge in [-0.3, -0.25) is 14.1 Å². The number of nitrogens with zero attached hydrogens (tertiary/aromatic N) is 4. The van der Waals surface area contributed by atoms with Crippen molar-refractivity contribution in [2.24, 2.45) is 0 Å². The van der Waals surface area contributed by atoms with Crippen molar-refractivity contribution >= 4 is 21.6 Å². The van der Waals surface area contributed by atoms with Crippen LogP contribution in [0.3, 0.4) is 0 Å². The number of rotatable bonds is 8. The normalized spacial score (nSPS) is 11.2. The summed E-state index contributed by atoms with van der Waals surface area (Å²) in [6.07, 6.45) is 1.50. The topological polar surface area (TPSA) is 83.5 Å². The minimum atomic E-state index is -4.04. The van der Waals surface area contributed by atoms with Crippen molar-refractivity contribution < 1.29 is 13.2 Å². The predicted molar refractivity (Wildman–Crippen MR) is 125 cm³/mol. The fraction of sp³-hybridized carbons (Fsp3) is 0.292. The first-order valence-electron chi connectivity index (χ1n) is 10.4. The van der Waals surface area contributed by atoms with Crippen molar-refractivity contribution in [2.45, 2.75) is 39.3 Å². The van der Waals surface area contributed by atoms with Gasteiger partial charge in [0.15, 0.2) is 5.03 Å². The summed E-state index contributed by atoms with van der Waals surface area (Å²) in [5.74, 6) is -0.313. The lowest BCUT2D eigenvalue weighted by molar-refractivity contribution is -0.130. The summed E-state index contributed by atoms with van der Waals surface area (Å²) in [5, 5.41) is -0.0973. The molecule has 2 aromatic heterocycles. The average molecular weight is 453 g/mol. The number of hydrogen-bond acceptors (Lipinski definition) is 5. The van der Waals surface area contributed by atoms with Gasteiger partial charge in [0.2, 0.25) is 5.91 Å². The third-order valence-electron chi connectivity index (χ3n) is 5.07. The molecule has 0 atom stereocenters. The molecule has 0 aliphatic carbocycles. The molecule has 8 heteroatoms. The van der Waals surface area contributed by atoms with E-state index in [4.69, 9.17) is 0 Å². The molecule has 0 bridgehead atoms. The Morgan fingerprint density at radius 3 is 2.22 bits per heavy atom. The number of pyridine rings is 2. The maximum absolute atomic E-state index is 13.5. The van der Waals surface area contributed by atoms with Gasteiger partial charge < -0.3 is 4.90 Å². The summed E-state index contributed by atoms with van der Waals surface area (Å²) >= 11 is 0. The zero-order valence-corrected chi connectivity index (χ0v) is 19.6. The highest BCUT2D eigenvalue weighted by Gasteiger charge is 2.30. The molecule has 0 radical (unpaired) electrons. The number of carbonyl (C=O) groups is 1. The Balaban J connectivity index is 1.93. The summed E-state index contributed by atoms with van der Waals surface area (Å²) in [5.41, 5.74) is 3.87. The summed E-state index contributed by atoms with van der Waals surface area (Å²) in [4.78, 5) is 23.4. The highest BCUT2D eigenvalue weighted by atomic mass is 32.2. The van der Waals surface area contributed by atoms with Crippen LogP contribution in [-0.2, 0) is 21.4 Å². The largest absolute Gasteiger partial charge is 0.336 e. The van der Waals surface area contributed by atoms with Gasteiger partial charge in [0, 0.05) is 18.4 Å². The maximum Gasteiger partial charge on any atom is 0.282 e. The second kappa shape index (κ2) is 9.91. The molecule has 0 saturated carbocycles. The van der Waals surface area contributed by atoms with Crippen molar-refractivity contribution in [3.05, 3.63) is 83.3 Å². The van der Waals surface area contributed by atoms with Crippen molar-refractivity contribution in [3.8, 4) is 0 Å². The lowest BCUT2D eigenvalue weighted by Crippen LogP contribution is -2.43. The van der Waals surface area contributed by atoms with Crippen LogP contribution in [0.1, 0.15) is 29.4 Å². The second-order valence-electron chi connectivity index (χ2n) is 7.70. The van der Waals surface area contributed by atoms with E-state index in [1.165, 1.54) is 12.3 Å². The average Bonchev–Trinajstić information content (AvgIpc) is 2.76. The zero-order valence-electron chi connectivity index (χ0n) is 18.8. The Labute approximate surface area is 189 Å². The van der Waals surface area contributed by atoms with E-state index in [1.54, 1.807) is 23.1 Å². The molecular formula is C24H28N4O3S. The SMILES string of the molecule is CCN(Cc1cccc(C)n1)C(=O)CN(c1ccc(C)cc1)S(=O)(=O)c1ccc(C)cn1. The number of hydrogen-bond donors (Lipinski definition) is 0. The van der Waals surface area contributed by atoms with Crippen LogP contribution in [-0.4, -0.2) is 42.3 Å². The molecule has 1 amide bonds. The van der Waals surface area contributed by atoms with E-state index in [2.05, 4.69) is 9.97 Å². The third-order valence-corrected chi connectivity index (χ3v) is 6.76. The number of sulfonamides is 1.